The van der Waals surface area contributed by atoms with Gasteiger partial charge in [-0.2, -0.15) is 0 Å². The summed E-state index contributed by atoms with van der Waals surface area (Å²) in [5.41, 5.74) is -1.93. The lowest BCUT2D eigenvalue weighted by molar-refractivity contribution is -0.168. The Morgan fingerprint density at radius 2 is 2.06 bits per heavy atom. The summed E-state index contributed by atoms with van der Waals surface area (Å²) in [7, 11) is 1.26. The van der Waals surface area contributed by atoms with Crippen LogP contribution in [0.5, 0.6) is 0 Å². The average molecular weight is 315 g/mol. The molecule has 2 aliphatic rings. The number of rotatable bonds is 1. The van der Waals surface area contributed by atoms with Gasteiger partial charge in [0.15, 0.2) is 17.0 Å². The van der Waals surface area contributed by atoms with Gasteiger partial charge in [0.2, 0.25) is 0 Å². The summed E-state index contributed by atoms with van der Waals surface area (Å²) < 4.78 is 5.17. The maximum Gasteiger partial charge on any atom is 0.325 e. The van der Waals surface area contributed by atoms with Gasteiger partial charge in [-0.1, -0.05) is 29.8 Å². The highest BCUT2D eigenvalue weighted by molar-refractivity contribution is 9.11. The average Bonchev–Trinajstić information content (AvgIpc) is 2.26. The highest BCUT2D eigenvalue weighted by Crippen LogP contribution is 2.58. The molecular formula is C13H15BrO4. The molecule has 0 aromatic carbocycles. The fraction of sp³-hybridized carbons (Fsp3) is 0.615. The SMILES string of the molecule is COC(=O)[C@]12C(=O)[C@H](CCC1(C)C)C(=O)C=C2Br. The number of allylic oxidation sites excluding steroid dienone is 1. The highest BCUT2D eigenvalue weighted by atomic mass is 79.9. The third-order valence-corrected chi connectivity index (χ3v) is 5.05. The van der Waals surface area contributed by atoms with Crippen LogP contribution in [0, 0.1) is 16.7 Å². The van der Waals surface area contributed by atoms with E-state index in [0.717, 1.165) is 0 Å². The number of fused-ring (bicyclic) bond motifs is 2. The van der Waals surface area contributed by atoms with Gasteiger partial charge in [0, 0.05) is 4.48 Å². The monoisotopic (exact) mass is 314 g/mol. The van der Waals surface area contributed by atoms with E-state index >= 15 is 0 Å². The largest absolute Gasteiger partial charge is 0.468 e. The Kier molecular flexibility index (Phi) is 3.00. The molecule has 5 heteroatoms. The van der Waals surface area contributed by atoms with E-state index in [9.17, 15) is 14.4 Å². The van der Waals surface area contributed by atoms with Crippen molar-refractivity contribution in [3.63, 3.8) is 0 Å². The second-order valence-corrected chi connectivity index (χ2v) is 6.33. The Morgan fingerprint density at radius 3 is 2.61 bits per heavy atom. The summed E-state index contributed by atoms with van der Waals surface area (Å²) in [6.45, 7) is 3.73. The molecule has 0 aromatic rings. The molecule has 0 aromatic heterocycles. The number of halogens is 1. The van der Waals surface area contributed by atoms with Crippen LogP contribution in [0.4, 0.5) is 0 Å². The smallest absolute Gasteiger partial charge is 0.325 e. The summed E-state index contributed by atoms with van der Waals surface area (Å²) in [4.78, 5) is 36.6. The summed E-state index contributed by atoms with van der Waals surface area (Å²) in [5, 5.41) is 0. The highest BCUT2D eigenvalue weighted by Gasteiger charge is 2.66. The molecule has 0 N–H and O–H groups in total. The Bertz CT molecular complexity index is 477. The molecule has 2 atom stereocenters. The maximum absolute atomic E-state index is 12.6. The number of ether oxygens (including phenoxy) is 1. The molecule has 1 saturated carbocycles. The summed E-state index contributed by atoms with van der Waals surface area (Å²) in [5.74, 6) is -1.83. The van der Waals surface area contributed by atoms with E-state index in [0.29, 0.717) is 17.3 Å². The Balaban J connectivity index is 2.73. The van der Waals surface area contributed by atoms with Crippen molar-refractivity contribution >= 4 is 33.5 Å². The van der Waals surface area contributed by atoms with Crippen LogP contribution in [-0.2, 0) is 19.1 Å². The van der Waals surface area contributed by atoms with Crippen LogP contribution < -0.4 is 0 Å². The van der Waals surface area contributed by atoms with Crippen molar-refractivity contribution in [1.82, 2.24) is 0 Å². The van der Waals surface area contributed by atoms with Gasteiger partial charge >= 0.3 is 5.97 Å². The Morgan fingerprint density at radius 1 is 1.44 bits per heavy atom. The molecule has 0 saturated heterocycles. The standard InChI is InChI=1S/C13H15BrO4/c1-12(2)5-4-7-8(15)6-9(14)13(12,10(7)16)11(17)18-3/h6-7H,4-5H2,1-3H3/t7-,13+/m1/s1. The number of methoxy groups -OCH3 is 1. The molecule has 0 amide bonds. The first kappa shape index (κ1) is 13.5. The Labute approximate surface area is 114 Å². The number of hydrogen-bond donors (Lipinski definition) is 0. The first-order valence-electron chi connectivity index (χ1n) is 5.83. The second-order valence-electron chi connectivity index (χ2n) is 5.48. The molecule has 0 spiro atoms. The minimum Gasteiger partial charge on any atom is -0.468 e. The van der Waals surface area contributed by atoms with Crippen molar-refractivity contribution in [3.05, 3.63) is 10.6 Å². The Hall–Kier alpha value is -0.970. The lowest BCUT2D eigenvalue weighted by Crippen LogP contribution is -2.59. The summed E-state index contributed by atoms with van der Waals surface area (Å²) in [6.07, 6.45) is 2.50. The van der Waals surface area contributed by atoms with Gasteiger partial charge in [0.05, 0.1) is 13.0 Å². The zero-order valence-electron chi connectivity index (χ0n) is 10.6. The molecule has 4 nitrogen and oxygen atoms in total. The van der Waals surface area contributed by atoms with Crippen LogP contribution in [0.2, 0.25) is 0 Å². The number of hydrogen-bond acceptors (Lipinski definition) is 4. The zero-order chi connectivity index (χ0) is 13.7. The van der Waals surface area contributed by atoms with Gasteiger partial charge in [-0.25, -0.2) is 0 Å². The summed E-state index contributed by atoms with van der Waals surface area (Å²) >= 11 is 3.25. The number of Topliss-reactive ketones (excluding diaryl/α,β-unsaturated/α-hetero) is 1. The van der Waals surface area contributed by atoms with Crippen molar-refractivity contribution in [2.24, 2.45) is 16.7 Å². The molecule has 0 unspecified atom stereocenters. The molecule has 0 radical (unpaired) electrons. The van der Waals surface area contributed by atoms with Crippen LogP contribution in [0.3, 0.4) is 0 Å². The van der Waals surface area contributed by atoms with Crippen LogP contribution >= 0.6 is 15.9 Å². The number of carbonyl (C=O) groups is 3. The number of esters is 1. The molecule has 2 aliphatic carbocycles. The van der Waals surface area contributed by atoms with Gasteiger partial charge in [-0.3, -0.25) is 14.4 Å². The van der Waals surface area contributed by atoms with E-state index in [2.05, 4.69) is 15.9 Å². The molecule has 2 rings (SSSR count). The van der Waals surface area contributed by atoms with Gasteiger partial charge in [-0.15, -0.1) is 0 Å². The second kappa shape index (κ2) is 4.02. The van der Waals surface area contributed by atoms with Crippen molar-refractivity contribution in [1.29, 1.82) is 0 Å². The molecule has 18 heavy (non-hydrogen) atoms. The fourth-order valence-electron chi connectivity index (χ4n) is 3.09. The summed E-state index contributed by atoms with van der Waals surface area (Å²) in [6, 6.07) is 0. The predicted molar refractivity (Wildman–Crippen MR) is 68.0 cm³/mol. The minimum atomic E-state index is -1.36. The number of carbonyl (C=O) groups excluding carboxylic acids is 3. The lowest BCUT2D eigenvalue weighted by atomic mass is 9.52. The van der Waals surface area contributed by atoms with E-state index in [-0.39, 0.29) is 11.6 Å². The normalized spacial score (nSPS) is 34.0. The van der Waals surface area contributed by atoms with E-state index < -0.39 is 22.7 Å². The zero-order valence-corrected chi connectivity index (χ0v) is 12.2. The lowest BCUT2D eigenvalue weighted by Gasteiger charge is -2.50. The van der Waals surface area contributed by atoms with Crippen LogP contribution in [0.25, 0.3) is 0 Å². The molecule has 0 heterocycles. The van der Waals surface area contributed by atoms with Crippen LogP contribution in [-0.4, -0.2) is 24.6 Å². The maximum atomic E-state index is 12.6. The molecule has 1 fully saturated rings. The first-order chi connectivity index (χ1) is 8.29. The quantitative estimate of drug-likeness (QED) is 0.549. The molecular weight excluding hydrogens is 300 g/mol. The van der Waals surface area contributed by atoms with Crippen molar-refractivity contribution < 1.29 is 19.1 Å². The van der Waals surface area contributed by atoms with Crippen molar-refractivity contribution in [2.75, 3.05) is 7.11 Å². The molecule has 98 valence electrons. The van der Waals surface area contributed by atoms with Gasteiger partial charge in [0.1, 0.15) is 0 Å². The van der Waals surface area contributed by atoms with Crippen molar-refractivity contribution in [2.45, 2.75) is 26.7 Å². The minimum absolute atomic E-state index is 0.220. The van der Waals surface area contributed by atoms with Crippen LogP contribution in [0.1, 0.15) is 26.7 Å². The topological polar surface area (TPSA) is 60.4 Å². The van der Waals surface area contributed by atoms with E-state index in [1.807, 2.05) is 13.8 Å². The predicted octanol–water partition coefficient (Wildman–Crippen LogP) is 2.01. The van der Waals surface area contributed by atoms with E-state index in [1.54, 1.807) is 0 Å². The fourth-order valence-corrected chi connectivity index (χ4v) is 4.21. The van der Waals surface area contributed by atoms with Crippen LogP contribution in [0.15, 0.2) is 10.6 Å². The van der Waals surface area contributed by atoms with Crippen molar-refractivity contribution in [3.8, 4) is 0 Å². The van der Waals surface area contributed by atoms with E-state index in [4.69, 9.17) is 4.74 Å². The van der Waals surface area contributed by atoms with E-state index in [1.165, 1.54) is 13.2 Å². The number of ketones is 2. The molecule has 0 aliphatic heterocycles. The third-order valence-electron chi connectivity index (χ3n) is 4.22. The molecule has 2 bridgehead atoms. The first-order valence-corrected chi connectivity index (χ1v) is 6.62. The third kappa shape index (κ3) is 1.40. The van der Waals surface area contributed by atoms with Gasteiger partial charge in [0.25, 0.3) is 0 Å². The van der Waals surface area contributed by atoms with Gasteiger partial charge in [-0.05, 0) is 24.3 Å². The van der Waals surface area contributed by atoms with Gasteiger partial charge < -0.3 is 4.74 Å².